The van der Waals surface area contributed by atoms with Crippen molar-refractivity contribution in [1.82, 2.24) is 0 Å². The molecule has 2 aliphatic carbocycles. The van der Waals surface area contributed by atoms with Crippen LogP contribution >= 0.6 is 15.9 Å². The van der Waals surface area contributed by atoms with E-state index in [4.69, 9.17) is 4.74 Å². The summed E-state index contributed by atoms with van der Waals surface area (Å²) in [7, 11) is 0. The fourth-order valence-electron chi connectivity index (χ4n) is 2.59. The predicted octanol–water partition coefficient (Wildman–Crippen LogP) is 3.10. The van der Waals surface area contributed by atoms with E-state index in [1.807, 2.05) is 6.92 Å². The average Bonchev–Trinajstić information content (AvgIpc) is 3.03. The lowest BCUT2D eigenvalue weighted by atomic mass is 9.83. The van der Waals surface area contributed by atoms with Gasteiger partial charge in [-0.15, -0.1) is 0 Å². The highest BCUT2D eigenvalue weighted by Gasteiger charge is 2.40. The van der Waals surface area contributed by atoms with Gasteiger partial charge in [-0.3, -0.25) is 4.79 Å². The van der Waals surface area contributed by atoms with Crippen LogP contribution in [0.4, 0.5) is 0 Å². The standard InChI is InChI=1S/C13H19BrO2/c1-3-16-13-7-11(9-4-5-9)12(14)6-10(13)8(2)15/h6,9,11-13H,3-5,7H2,1-2H3/t11?,12-,13-/m0/s1. The van der Waals surface area contributed by atoms with Crippen molar-refractivity contribution >= 4 is 21.7 Å². The quantitative estimate of drug-likeness (QED) is 0.743. The smallest absolute Gasteiger partial charge is 0.158 e. The molecule has 16 heavy (non-hydrogen) atoms. The van der Waals surface area contributed by atoms with Crippen molar-refractivity contribution in [3.8, 4) is 0 Å². The Balaban J connectivity index is 2.14. The van der Waals surface area contributed by atoms with Crippen molar-refractivity contribution in [2.24, 2.45) is 11.8 Å². The van der Waals surface area contributed by atoms with Crippen LogP contribution in [0.1, 0.15) is 33.1 Å². The van der Waals surface area contributed by atoms with Crippen LogP contribution in [-0.2, 0) is 9.53 Å². The zero-order valence-corrected chi connectivity index (χ0v) is 11.5. The molecule has 0 aliphatic heterocycles. The largest absolute Gasteiger partial charge is 0.374 e. The van der Waals surface area contributed by atoms with E-state index < -0.39 is 0 Å². The maximum absolute atomic E-state index is 11.6. The fraction of sp³-hybridized carbons (Fsp3) is 0.769. The Hall–Kier alpha value is -0.150. The van der Waals surface area contributed by atoms with Gasteiger partial charge < -0.3 is 4.74 Å². The molecule has 0 amide bonds. The highest BCUT2D eigenvalue weighted by atomic mass is 79.9. The van der Waals surface area contributed by atoms with E-state index in [2.05, 4.69) is 22.0 Å². The van der Waals surface area contributed by atoms with Crippen molar-refractivity contribution in [2.75, 3.05) is 6.61 Å². The van der Waals surface area contributed by atoms with Gasteiger partial charge in [0.05, 0.1) is 6.10 Å². The number of hydrogen-bond donors (Lipinski definition) is 0. The Morgan fingerprint density at radius 3 is 2.75 bits per heavy atom. The summed E-state index contributed by atoms with van der Waals surface area (Å²) in [5.74, 6) is 1.65. The third-order valence-electron chi connectivity index (χ3n) is 3.58. The Labute approximate surface area is 106 Å². The van der Waals surface area contributed by atoms with E-state index >= 15 is 0 Å². The minimum Gasteiger partial charge on any atom is -0.374 e. The molecule has 2 aliphatic rings. The van der Waals surface area contributed by atoms with Gasteiger partial charge in [0.2, 0.25) is 0 Å². The Morgan fingerprint density at radius 2 is 2.25 bits per heavy atom. The summed E-state index contributed by atoms with van der Waals surface area (Å²) in [6.07, 6.45) is 5.79. The number of allylic oxidation sites excluding steroid dienone is 1. The lowest BCUT2D eigenvalue weighted by molar-refractivity contribution is -0.115. The summed E-state index contributed by atoms with van der Waals surface area (Å²) in [5.41, 5.74) is 0.862. The minimum absolute atomic E-state index is 0.0295. The van der Waals surface area contributed by atoms with Gasteiger partial charge in [-0.1, -0.05) is 22.0 Å². The summed E-state index contributed by atoms with van der Waals surface area (Å²) in [6.45, 7) is 4.30. The van der Waals surface area contributed by atoms with Crippen molar-refractivity contribution in [3.05, 3.63) is 11.6 Å². The predicted molar refractivity (Wildman–Crippen MR) is 67.7 cm³/mol. The van der Waals surface area contributed by atoms with Gasteiger partial charge in [-0.2, -0.15) is 0 Å². The molecule has 0 radical (unpaired) electrons. The van der Waals surface area contributed by atoms with Crippen molar-refractivity contribution in [3.63, 3.8) is 0 Å². The van der Waals surface area contributed by atoms with Crippen LogP contribution in [-0.4, -0.2) is 23.3 Å². The van der Waals surface area contributed by atoms with E-state index in [1.165, 1.54) is 12.8 Å². The molecule has 0 spiro atoms. The Bertz CT molecular complexity index is 307. The molecule has 1 unspecified atom stereocenters. The number of rotatable bonds is 4. The Morgan fingerprint density at radius 1 is 1.56 bits per heavy atom. The maximum Gasteiger partial charge on any atom is 0.158 e. The third kappa shape index (κ3) is 2.57. The molecule has 1 saturated carbocycles. The molecule has 0 aromatic rings. The number of ether oxygens (including phenoxy) is 1. The second kappa shape index (κ2) is 5.01. The number of ketones is 1. The van der Waals surface area contributed by atoms with E-state index in [9.17, 15) is 4.79 Å². The van der Waals surface area contributed by atoms with Gasteiger partial charge in [0, 0.05) is 17.0 Å². The van der Waals surface area contributed by atoms with E-state index in [-0.39, 0.29) is 11.9 Å². The number of Topliss-reactive ketones (excluding diaryl/α,β-unsaturated/α-hetero) is 1. The first-order valence-electron chi connectivity index (χ1n) is 6.11. The molecule has 0 aromatic heterocycles. The number of carbonyl (C=O) groups is 1. The van der Waals surface area contributed by atoms with Crippen LogP contribution < -0.4 is 0 Å². The fourth-order valence-corrected chi connectivity index (χ4v) is 3.52. The molecule has 2 rings (SSSR count). The van der Waals surface area contributed by atoms with Gasteiger partial charge in [0.1, 0.15) is 0 Å². The minimum atomic E-state index is 0.0295. The van der Waals surface area contributed by atoms with E-state index in [1.54, 1.807) is 6.92 Å². The van der Waals surface area contributed by atoms with Gasteiger partial charge >= 0.3 is 0 Å². The van der Waals surface area contributed by atoms with Crippen LogP contribution in [0, 0.1) is 11.8 Å². The van der Waals surface area contributed by atoms with E-state index in [0.29, 0.717) is 17.4 Å². The topological polar surface area (TPSA) is 26.3 Å². The summed E-state index contributed by atoms with van der Waals surface area (Å²) < 4.78 is 5.70. The van der Waals surface area contributed by atoms with Crippen LogP contribution in [0.25, 0.3) is 0 Å². The third-order valence-corrected chi connectivity index (χ3v) is 4.53. The van der Waals surface area contributed by atoms with Crippen molar-refractivity contribution in [2.45, 2.75) is 44.0 Å². The molecule has 0 saturated heterocycles. The second-order valence-corrected chi connectivity index (χ2v) is 5.86. The van der Waals surface area contributed by atoms with Gasteiger partial charge in [0.15, 0.2) is 5.78 Å². The van der Waals surface area contributed by atoms with Crippen LogP contribution in [0.5, 0.6) is 0 Å². The van der Waals surface area contributed by atoms with Gasteiger partial charge in [-0.05, 0) is 44.9 Å². The first kappa shape index (κ1) is 12.3. The highest BCUT2D eigenvalue weighted by Crippen LogP contribution is 2.46. The molecule has 0 heterocycles. The molecule has 3 atom stereocenters. The zero-order chi connectivity index (χ0) is 11.7. The lowest BCUT2D eigenvalue weighted by Crippen LogP contribution is -2.33. The molecule has 0 N–H and O–H groups in total. The summed E-state index contributed by atoms with van der Waals surface area (Å²) in [5, 5.41) is 0. The molecule has 0 aromatic carbocycles. The summed E-state index contributed by atoms with van der Waals surface area (Å²) in [6, 6.07) is 0. The molecule has 2 nitrogen and oxygen atoms in total. The molecule has 3 heteroatoms. The summed E-state index contributed by atoms with van der Waals surface area (Å²) >= 11 is 3.70. The Kier molecular flexibility index (Phi) is 3.85. The molecule has 0 bridgehead atoms. The second-order valence-electron chi connectivity index (χ2n) is 4.80. The SMILES string of the molecule is CCO[C@H]1CC(C2CC2)[C@@H](Br)C=C1C(C)=O. The molecular weight excluding hydrogens is 268 g/mol. The maximum atomic E-state index is 11.6. The zero-order valence-electron chi connectivity index (χ0n) is 9.91. The van der Waals surface area contributed by atoms with E-state index in [0.717, 1.165) is 17.9 Å². The first-order valence-corrected chi connectivity index (χ1v) is 7.03. The number of halogens is 1. The monoisotopic (exact) mass is 286 g/mol. The summed E-state index contributed by atoms with van der Waals surface area (Å²) in [4.78, 5) is 11.9. The molecule has 90 valence electrons. The normalized spacial score (nSPS) is 34.7. The number of carbonyl (C=O) groups excluding carboxylic acids is 1. The molecule has 1 fully saturated rings. The number of hydrogen-bond acceptors (Lipinski definition) is 2. The van der Waals surface area contributed by atoms with Crippen LogP contribution in [0.15, 0.2) is 11.6 Å². The first-order chi connectivity index (χ1) is 7.63. The van der Waals surface area contributed by atoms with Gasteiger partial charge in [-0.25, -0.2) is 0 Å². The number of alkyl halides is 1. The highest BCUT2D eigenvalue weighted by molar-refractivity contribution is 9.09. The van der Waals surface area contributed by atoms with Crippen molar-refractivity contribution < 1.29 is 9.53 Å². The lowest BCUT2D eigenvalue weighted by Gasteiger charge is -2.32. The van der Waals surface area contributed by atoms with Crippen LogP contribution in [0.3, 0.4) is 0 Å². The van der Waals surface area contributed by atoms with Gasteiger partial charge in [0.25, 0.3) is 0 Å². The van der Waals surface area contributed by atoms with Crippen molar-refractivity contribution in [1.29, 1.82) is 0 Å². The average molecular weight is 287 g/mol. The van der Waals surface area contributed by atoms with Crippen LogP contribution in [0.2, 0.25) is 0 Å². The molecular formula is C13H19BrO2.